The fraction of sp³-hybridized carbons (Fsp3) is 0.450. The number of hydrogen-bond donors (Lipinski definition) is 1. The molecule has 1 N–H and O–H groups in total. The predicted molar refractivity (Wildman–Crippen MR) is 97.5 cm³/mol. The van der Waals surface area contributed by atoms with Crippen LogP contribution in [0.3, 0.4) is 0 Å². The number of nitrogens with zero attached hydrogens (tertiary/aromatic N) is 2. The molecule has 3 atom stereocenters. The van der Waals surface area contributed by atoms with Crippen molar-refractivity contribution in [2.45, 2.75) is 31.5 Å². The number of aromatic nitrogens is 1. The molecule has 0 aliphatic carbocycles. The molecule has 2 aliphatic rings. The summed E-state index contributed by atoms with van der Waals surface area (Å²) < 4.78 is 7.71. The zero-order valence-electron chi connectivity index (χ0n) is 14.8. The Morgan fingerprint density at radius 1 is 1.16 bits per heavy atom. The van der Waals surface area contributed by atoms with E-state index in [1.54, 1.807) is 0 Å². The zero-order chi connectivity index (χ0) is 17.4. The van der Waals surface area contributed by atoms with Crippen molar-refractivity contribution in [3.05, 3.63) is 48.2 Å². The minimum absolute atomic E-state index is 0.00324. The second kappa shape index (κ2) is 6.65. The van der Waals surface area contributed by atoms with E-state index in [1.807, 2.05) is 41.9 Å². The minimum Gasteiger partial charge on any atom is -0.376 e. The third-order valence-corrected chi connectivity index (χ3v) is 5.35. The lowest BCUT2D eigenvalue weighted by Gasteiger charge is -2.33. The highest BCUT2D eigenvalue weighted by atomic mass is 16.5. The van der Waals surface area contributed by atoms with Crippen LogP contribution in [0.2, 0.25) is 0 Å². The van der Waals surface area contributed by atoms with Crippen LogP contribution in [0, 0.1) is 0 Å². The predicted octanol–water partition coefficient (Wildman–Crippen LogP) is 2.28. The summed E-state index contributed by atoms with van der Waals surface area (Å²) in [4.78, 5) is 15.2. The number of hydrogen-bond acceptors (Lipinski definition) is 3. The van der Waals surface area contributed by atoms with Crippen molar-refractivity contribution >= 4 is 5.91 Å². The van der Waals surface area contributed by atoms with Gasteiger partial charge in [0.1, 0.15) is 5.69 Å². The van der Waals surface area contributed by atoms with Crippen molar-refractivity contribution < 1.29 is 9.53 Å². The number of nitrogens with one attached hydrogen (secondary N) is 1. The number of ether oxygens (including phenoxy) is 1. The summed E-state index contributed by atoms with van der Waals surface area (Å²) in [5, 5.41) is 3.22. The van der Waals surface area contributed by atoms with Gasteiger partial charge in [0.15, 0.2) is 0 Å². The fourth-order valence-corrected chi connectivity index (χ4v) is 4.04. The van der Waals surface area contributed by atoms with Crippen LogP contribution in [0.15, 0.2) is 42.5 Å². The van der Waals surface area contributed by atoms with Gasteiger partial charge >= 0.3 is 0 Å². The van der Waals surface area contributed by atoms with Crippen molar-refractivity contribution in [3.8, 4) is 11.3 Å². The van der Waals surface area contributed by atoms with E-state index in [0.717, 1.165) is 37.4 Å². The highest BCUT2D eigenvalue weighted by Crippen LogP contribution is 2.24. The maximum absolute atomic E-state index is 12.8. The lowest BCUT2D eigenvalue weighted by Crippen LogP contribution is -2.45. The Morgan fingerprint density at radius 2 is 1.96 bits per heavy atom. The summed E-state index contributed by atoms with van der Waals surface area (Å²) in [6, 6.07) is 14.7. The van der Waals surface area contributed by atoms with Crippen molar-refractivity contribution in [3.63, 3.8) is 0 Å². The minimum atomic E-state index is 0.00324. The lowest BCUT2D eigenvalue weighted by atomic mass is 10.1. The van der Waals surface area contributed by atoms with E-state index in [2.05, 4.69) is 29.3 Å². The Bertz CT molecular complexity index is 756. The summed E-state index contributed by atoms with van der Waals surface area (Å²) in [7, 11) is 1.95. The monoisotopic (exact) mass is 339 g/mol. The van der Waals surface area contributed by atoms with Gasteiger partial charge in [-0.05, 0) is 31.0 Å². The Morgan fingerprint density at radius 3 is 2.76 bits per heavy atom. The Labute approximate surface area is 148 Å². The van der Waals surface area contributed by atoms with Crippen LogP contribution >= 0.6 is 0 Å². The van der Waals surface area contributed by atoms with Crippen LogP contribution in [0.1, 0.15) is 23.8 Å². The molecule has 2 aromatic rings. The van der Waals surface area contributed by atoms with E-state index in [4.69, 9.17) is 4.74 Å². The van der Waals surface area contributed by atoms with Crippen LogP contribution in [0.25, 0.3) is 11.3 Å². The Hall–Kier alpha value is -2.11. The van der Waals surface area contributed by atoms with E-state index in [-0.39, 0.29) is 18.1 Å². The fourth-order valence-electron chi connectivity index (χ4n) is 4.04. The van der Waals surface area contributed by atoms with Gasteiger partial charge < -0.3 is 14.6 Å². The van der Waals surface area contributed by atoms with Crippen LogP contribution in [-0.4, -0.2) is 53.3 Å². The van der Waals surface area contributed by atoms with Gasteiger partial charge in [0, 0.05) is 37.9 Å². The van der Waals surface area contributed by atoms with E-state index in [9.17, 15) is 4.79 Å². The van der Waals surface area contributed by atoms with Gasteiger partial charge in [0.25, 0.3) is 5.91 Å². The Balaban J connectivity index is 1.45. The lowest BCUT2D eigenvalue weighted by molar-refractivity contribution is -0.0390. The normalized spacial score (nSPS) is 26.4. The Kier molecular flexibility index (Phi) is 4.36. The number of amides is 1. The third-order valence-electron chi connectivity index (χ3n) is 5.35. The first-order valence-corrected chi connectivity index (χ1v) is 8.99. The van der Waals surface area contributed by atoms with Gasteiger partial charge in [-0.2, -0.15) is 0 Å². The van der Waals surface area contributed by atoms with Crippen molar-refractivity contribution in [1.29, 1.82) is 0 Å². The van der Waals surface area contributed by atoms with E-state index >= 15 is 0 Å². The smallest absolute Gasteiger partial charge is 0.268 e. The molecule has 4 rings (SSSR count). The first-order chi connectivity index (χ1) is 12.1. The maximum Gasteiger partial charge on any atom is 0.268 e. The second-order valence-electron chi connectivity index (χ2n) is 7.19. The molecular formula is C20H25N3O2. The van der Waals surface area contributed by atoms with E-state index in [1.165, 1.54) is 0 Å². The van der Waals surface area contributed by atoms with Crippen molar-refractivity contribution in [2.75, 3.05) is 19.7 Å². The van der Waals surface area contributed by atoms with Gasteiger partial charge in [-0.25, -0.2) is 0 Å². The number of rotatable bonds is 3. The van der Waals surface area contributed by atoms with Gasteiger partial charge in [-0.3, -0.25) is 9.69 Å². The number of benzene rings is 1. The van der Waals surface area contributed by atoms with Gasteiger partial charge in [-0.1, -0.05) is 30.3 Å². The third kappa shape index (κ3) is 3.22. The van der Waals surface area contributed by atoms with E-state index < -0.39 is 0 Å². The molecule has 0 spiro atoms. The standard InChI is InChI=1S/C20H25N3O2/c1-14-11-23-12-16(10-17(23)13-25-14)21-20(24)19-9-8-18(22(19)2)15-6-4-3-5-7-15/h3-9,14,16-17H,10-13H2,1-2H3,(H,21,24)/t14-,16+,17-/m0/s1. The van der Waals surface area contributed by atoms with Gasteiger partial charge in [-0.15, -0.1) is 0 Å². The average Bonchev–Trinajstić information content (AvgIpc) is 3.18. The zero-order valence-corrected chi connectivity index (χ0v) is 14.8. The summed E-state index contributed by atoms with van der Waals surface area (Å²) in [6.07, 6.45) is 1.25. The quantitative estimate of drug-likeness (QED) is 0.933. The molecular weight excluding hydrogens is 314 g/mol. The molecule has 3 heterocycles. The molecule has 132 valence electrons. The highest BCUT2D eigenvalue weighted by Gasteiger charge is 2.37. The number of morpholine rings is 1. The molecule has 0 bridgehead atoms. The summed E-state index contributed by atoms with van der Waals surface area (Å²) in [5.74, 6) is 0.00324. The van der Waals surface area contributed by atoms with Gasteiger partial charge in [0.05, 0.1) is 12.7 Å². The molecule has 2 saturated heterocycles. The number of carbonyl (C=O) groups is 1. The van der Waals surface area contributed by atoms with Crippen LogP contribution < -0.4 is 5.32 Å². The molecule has 0 unspecified atom stereocenters. The molecule has 0 saturated carbocycles. The second-order valence-corrected chi connectivity index (χ2v) is 7.19. The largest absolute Gasteiger partial charge is 0.376 e. The summed E-state index contributed by atoms with van der Waals surface area (Å²) in [5.41, 5.74) is 2.87. The average molecular weight is 339 g/mol. The molecule has 1 amide bonds. The summed E-state index contributed by atoms with van der Waals surface area (Å²) >= 11 is 0. The molecule has 1 aromatic carbocycles. The molecule has 1 aromatic heterocycles. The van der Waals surface area contributed by atoms with Crippen molar-refractivity contribution in [2.24, 2.45) is 7.05 Å². The van der Waals surface area contributed by atoms with Crippen LogP contribution in [0.5, 0.6) is 0 Å². The number of carbonyl (C=O) groups excluding carboxylic acids is 1. The molecule has 5 nitrogen and oxygen atoms in total. The van der Waals surface area contributed by atoms with E-state index in [0.29, 0.717) is 11.7 Å². The van der Waals surface area contributed by atoms with Gasteiger partial charge in [0.2, 0.25) is 0 Å². The first-order valence-electron chi connectivity index (χ1n) is 8.99. The van der Waals surface area contributed by atoms with Crippen LogP contribution in [0.4, 0.5) is 0 Å². The molecule has 5 heteroatoms. The first kappa shape index (κ1) is 16.4. The molecule has 0 radical (unpaired) electrons. The summed E-state index contributed by atoms with van der Waals surface area (Å²) in [6.45, 7) is 4.76. The maximum atomic E-state index is 12.8. The topological polar surface area (TPSA) is 46.5 Å². The SMILES string of the molecule is C[C@H]1CN2C[C@H](NC(=O)c3ccc(-c4ccccc4)n3C)C[C@H]2CO1. The highest BCUT2D eigenvalue weighted by molar-refractivity contribution is 5.94. The van der Waals surface area contributed by atoms with Crippen LogP contribution in [-0.2, 0) is 11.8 Å². The molecule has 2 fully saturated rings. The molecule has 25 heavy (non-hydrogen) atoms. The van der Waals surface area contributed by atoms with Crippen molar-refractivity contribution in [1.82, 2.24) is 14.8 Å². The number of fused-ring (bicyclic) bond motifs is 1. The molecule has 2 aliphatic heterocycles.